The second kappa shape index (κ2) is 6.32. The molecule has 2 aliphatic heterocycles. The number of hydrogen-bond acceptors (Lipinski definition) is 5. The van der Waals surface area contributed by atoms with E-state index in [-0.39, 0.29) is 12.5 Å². The monoisotopic (exact) mass is 294 g/mol. The molecule has 3 unspecified atom stereocenters. The van der Waals surface area contributed by atoms with Crippen molar-refractivity contribution >= 4 is 17.5 Å². The van der Waals surface area contributed by atoms with Crippen molar-refractivity contribution in [2.75, 3.05) is 19.7 Å². The van der Waals surface area contributed by atoms with Crippen molar-refractivity contribution in [3.63, 3.8) is 0 Å². The number of carbonyl (C=O) groups is 1. The first kappa shape index (κ1) is 14.9. The van der Waals surface area contributed by atoms with Crippen LogP contribution in [0.15, 0.2) is 0 Å². The number of hydrazine groups is 1. The molecule has 0 bridgehead atoms. The van der Waals surface area contributed by atoms with Gasteiger partial charge in [0.15, 0.2) is 0 Å². The fourth-order valence-electron chi connectivity index (χ4n) is 2.43. The van der Waals surface area contributed by atoms with E-state index >= 15 is 0 Å². The summed E-state index contributed by atoms with van der Waals surface area (Å²) in [6.07, 6.45) is -1.56. The minimum atomic E-state index is -1.16. The van der Waals surface area contributed by atoms with E-state index < -0.39 is 29.9 Å². The van der Waals surface area contributed by atoms with Gasteiger partial charge >= 0.3 is 0 Å². The molecule has 110 valence electrons. The number of alkyl halides is 2. The zero-order valence-electron chi connectivity index (χ0n) is 10.8. The second-order valence-corrected chi connectivity index (χ2v) is 5.32. The summed E-state index contributed by atoms with van der Waals surface area (Å²) in [6.45, 7) is 2.82. The number of piperidine rings is 1. The molecule has 0 radical (unpaired) electrons. The van der Waals surface area contributed by atoms with Gasteiger partial charge in [-0.1, -0.05) is 0 Å². The molecule has 2 heterocycles. The lowest BCUT2D eigenvalue weighted by molar-refractivity contribution is -0.138. The number of likely N-dealkylation sites (tertiary alicyclic amines) is 1. The van der Waals surface area contributed by atoms with Gasteiger partial charge in [0.2, 0.25) is 5.91 Å². The quantitative estimate of drug-likeness (QED) is 0.602. The maximum Gasteiger partial charge on any atom is 0.242 e. The highest BCUT2D eigenvalue weighted by Gasteiger charge is 2.41. The number of nitrogens with one attached hydrogen (secondary N) is 2. The van der Waals surface area contributed by atoms with Crippen molar-refractivity contribution in [3.05, 3.63) is 0 Å². The molecular weight excluding hydrogens is 275 g/mol. The van der Waals surface area contributed by atoms with E-state index in [1.165, 1.54) is 4.90 Å². The number of halogens is 2. The lowest BCUT2D eigenvalue weighted by Crippen LogP contribution is -2.54. The molecule has 0 aromatic rings. The summed E-state index contributed by atoms with van der Waals surface area (Å²) >= 11 is 6.04. The lowest BCUT2D eigenvalue weighted by atomic mass is 10.0. The fourth-order valence-corrected chi connectivity index (χ4v) is 2.67. The molecule has 6 nitrogen and oxygen atoms in total. The number of hydrogen-bond donors (Lipinski definition) is 3. The Bertz CT molecular complexity index is 336. The number of ether oxygens (including phenoxy) is 1. The molecule has 5 atom stereocenters. The van der Waals surface area contributed by atoms with Gasteiger partial charge in [-0.05, 0) is 13.3 Å². The van der Waals surface area contributed by atoms with E-state index in [0.717, 1.165) is 0 Å². The molecule has 0 aromatic carbocycles. The summed E-state index contributed by atoms with van der Waals surface area (Å²) < 4.78 is 19.2. The maximum atomic E-state index is 13.9. The average molecular weight is 295 g/mol. The van der Waals surface area contributed by atoms with Crippen LogP contribution in [0.2, 0.25) is 0 Å². The largest absolute Gasteiger partial charge is 0.375 e. The summed E-state index contributed by atoms with van der Waals surface area (Å²) in [6, 6.07) is -0.618. The Labute approximate surface area is 116 Å². The van der Waals surface area contributed by atoms with Crippen LogP contribution in [-0.4, -0.2) is 60.4 Å². The van der Waals surface area contributed by atoms with E-state index in [0.29, 0.717) is 19.6 Å². The van der Waals surface area contributed by atoms with Crippen LogP contribution in [0.25, 0.3) is 0 Å². The lowest BCUT2D eigenvalue weighted by Gasteiger charge is -2.35. The normalized spacial score (nSPS) is 39.6. The zero-order valence-corrected chi connectivity index (χ0v) is 11.6. The maximum absolute atomic E-state index is 13.9. The van der Waals surface area contributed by atoms with E-state index in [1.807, 2.05) is 6.92 Å². The highest BCUT2D eigenvalue weighted by Crippen LogP contribution is 2.20. The molecule has 2 saturated heterocycles. The van der Waals surface area contributed by atoms with Crippen LogP contribution in [-0.2, 0) is 9.53 Å². The second-order valence-electron chi connectivity index (χ2n) is 4.82. The number of nitrogens with zero attached hydrogens (tertiary/aromatic N) is 1. The summed E-state index contributed by atoms with van der Waals surface area (Å²) in [5.74, 6) is -0.224. The van der Waals surface area contributed by atoms with Gasteiger partial charge in [0, 0.05) is 13.2 Å². The van der Waals surface area contributed by atoms with Gasteiger partial charge in [-0.2, -0.15) is 0 Å². The standard InChI is InChI=1S/C11H20ClFN4O2/c1-2-19-7-3-4-17(5-6(7)13)11(18)9-8(12)10(14)16-15-9/h6-10,15-16H,2-5,14H2,1H3/t6-,7+,8?,9?,10?/m1/s1. The minimum absolute atomic E-state index is 0.0422. The van der Waals surface area contributed by atoms with Gasteiger partial charge in [-0.15, -0.1) is 11.6 Å². The Morgan fingerprint density at radius 2 is 2.32 bits per heavy atom. The van der Waals surface area contributed by atoms with Crippen molar-refractivity contribution in [2.45, 2.75) is 43.2 Å². The molecule has 2 aliphatic rings. The number of rotatable bonds is 3. The predicted octanol–water partition coefficient (Wildman–Crippen LogP) is -0.669. The van der Waals surface area contributed by atoms with Crippen LogP contribution in [0.4, 0.5) is 4.39 Å². The third-order valence-electron chi connectivity index (χ3n) is 3.51. The first-order valence-corrected chi connectivity index (χ1v) is 6.93. The van der Waals surface area contributed by atoms with E-state index in [2.05, 4.69) is 10.9 Å². The van der Waals surface area contributed by atoms with Gasteiger partial charge in [-0.25, -0.2) is 15.2 Å². The van der Waals surface area contributed by atoms with Crippen molar-refractivity contribution in [1.82, 2.24) is 15.8 Å². The zero-order chi connectivity index (χ0) is 14.0. The first-order valence-electron chi connectivity index (χ1n) is 6.49. The average Bonchev–Trinajstić information content (AvgIpc) is 2.72. The topological polar surface area (TPSA) is 79.6 Å². The molecule has 0 spiro atoms. The third-order valence-corrected chi connectivity index (χ3v) is 4.03. The number of carbonyl (C=O) groups excluding carboxylic acids is 1. The number of amides is 1. The third kappa shape index (κ3) is 3.17. The van der Waals surface area contributed by atoms with Crippen molar-refractivity contribution in [1.29, 1.82) is 0 Å². The molecule has 19 heavy (non-hydrogen) atoms. The number of nitrogens with two attached hydrogens (primary N) is 1. The Balaban J connectivity index is 1.91. The van der Waals surface area contributed by atoms with Crippen LogP contribution in [0.5, 0.6) is 0 Å². The van der Waals surface area contributed by atoms with Crippen molar-refractivity contribution < 1.29 is 13.9 Å². The summed E-state index contributed by atoms with van der Waals surface area (Å²) in [5, 5.41) is -0.546. The molecule has 8 heteroatoms. The van der Waals surface area contributed by atoms with Gasteiger partial charge in [0.05, 0.1) is 24.2 Å². The van der Waals surface area contributed by atoms with Gasteiger partial charge in [0.1, 0.15) is 12.2 Å². The van der Waals surface area contributed by atoms with Crippen LogP contribution in [0.1, 0.15) is 13.3 Å². The van der Waals surface area contributed by atoms with E-state index in [4.69, 9.17) is 22.1 Å². The smallest absolute Gasteiger partial charge is 0.242 e. The van der Waals surface area contributed by atoms with Crippen LogP contribution in [0, 0.1) is 0 Å². The highest BCUT2D eigenvalue weighted by atomic mass is 35.5. The predicted molar refractivity (Wildman–Crippen MR) is 69.2 cm³/mol. The Hall–Kier alpha value is -0.470. The molecule has 0 aromatic heterocycles. The minimum Gasteiger partial charge on any atom is -0.375 e. The van der Waals surface area contributed by atoms with E-state index in [1.54, 1.807) is 0 Å². The molecule has 2 rings (SSSR count). The molecule has 0 aliphatic carbocycles. The fraction of sp³-hybridized carbons (Fsp3) is 0.909. The van der Waals surface area contributed by atoms with Gasteiger partial charge in [-0.3, -0.25) is 4.79 Å². The molecule has 2 fully saturated rings. The first-order chi connectivity index (χ1) is 9.04. The molecule has 0 saturated carbocycles. The Morgan fingerprint density at radius 3 is 2.84 bits per heavy atom. The Morgan fingerprint density at radius 1 is 1.58 bits per heavy atom. The Kier molecular flexibility index (Phi) is 4.97. The van der Waals surface area contributed by atoms with Crippen molar-refractivity contribution in [3.8, 4) is 0 Å². The molecule has 4 N–H and O–H groups in total. The molecular formula is C11H20ClFN4O2. The SMILES string of the molecule is CCO[C@H]1CCN(C(=O)C2NNC(N)C2Cl)C[C@H]1F. The summed E-state index contributed by atoms with van der Waals surface area (Å²) in [5.41, 5.74) is 11.1. The van der Waals surface area contributed by atoms with E-state index in [9.17, 15) is 9.18 Å². The summed E-state index contributed by atoms with van der Waals surface area (Å²) in [7, 11) is 0. The molecule has 1 amide bonds. The summed E-state index contributed by atoms with van der Waals surface area (Å²) in [4.78, 5) is 13.7. The van der Waals surface area contributed by atoms with Crippen LogP contribution in [0.3, 0.4) is 0 Å². The highest BCUT2D eigenvalue weighted by molar-refractivity contribution is 6.23. The van der Waals surface area contributed by atoms with Gasteiger partial charge < -0.3 is 15.4 Å². The van der Waals surface area contributed by atoms with Gasteiger partial charge in [0.25, 0.3) is 0 Å². The van der Waals surface area contributed by atoms with Crippen molar-refractivity contribution in [2.24, 2.45) is 5.73 Å². The van der Waals surface area contributed by atoms with Crippen LogP contribution < -0.4 is 16.6 Å². The van der Waals surface area contributed by atoms with Crippen LogP contribution >= 0.6 is 11.6 Å².